The van der Waals surface area contributed by atoms with E-state index in [1.807, 2.05) is 24.3 Å². The number of ether oxygens (including phenoxy) is 2. The zero-order chi connectivity index (χ0) is 15.8. The van der Waals surface area contributed by atoms with Crippen molar-refractivity contribution in [3.05, 3.63) is 29.8 Å². The van der Waals surface area contributed by atoms with Crippen LogP contribution in [-0.2, 0) is 16.1 Å². The fourth-order valence-electron chi connectivity index (χ4n) is 2.14. The molecule has 0 aromatic heterocycles. The molecule has 118 valence electrons. The highest BCUT2D eigenvalue weighted by atomic mass is 16.5. The molecule has 0 unspecified atom stereocenters. The van der Waals surface area contributed by atoms with Crippen molar-refractivity contribution in [3.63, 3.8) is 0 Å². The SMILES string of the molecule is COc1ccc(CO[C@@H](C[C@H](O)CC(C)=O)C(C)C)cc1. The molecule has 1 aromatic carbocycles. The maximum atomic E-state index is 11.0. The number of ketones is 1. The third-order valence-electron chi connectivity index (χ3n) is 3.39. The fourth-order valence-corrected chi connectivity index (χ4v) is 2.14. The van der Waals surface area contributed by atoms with E-state index < -0.39 is 6.10 Å². The van der Waals surface area contributed by atoms with Gasteiger partial charge >= 0.3 is 0 Å². The summed E-state index contributed by atoms with van der Waals surface area (Å²) in [5, 5.41) is 9.89. The molecule has 1 rings (SSSR count). The van der Waals surface area contributed by atoms with E-state index >= 15 is 0 Å². The summed E-state index contributed by atoms with van der Waals surface area (Å²) in [7, 11) is 1.64. The molecule has 21 heavy (non-hydrogen) atoms. The van der Waals surface area contributed by atoms with Crippen molar-refractivity contribution < 1.29 is 19.4 Å². The third kappa shape index (κ3) is 6.74. The molecular weight excluding hydrogens is 268 g/mol. The largest absolute Gasteiger partial charge is 0.497 e. The van der Waals surface area contributed by atoms with E-state index in [9.17, 15) is 9.90 Å². The van der Waals surface area contributed by atoms with Gasteiger partial charge in [0.05, 0.1) is 25.9 Å². The number of aliphatic hydroxyl groups excluding tert-OH is 1. The minimum atomic E-state index is -0.634. The van der Waals surface area contributed by atoms with Gasteiger partial charge in [0.25, 0.3) is 0 Å². The molecule has 0 saturated carbocycles. The molecule has 0 bridgehead atoms. The Kier molecular flexibility index (Phi) is 7.40. The summed E-state index contributed by atoms with van der Waals surface area (Å²) in [6, 6.07) is 7.71. The van der Waals surface area contributed by atoms with E-state index in [1.165, 1.54) is 6.92 Å². The number of aliphatic hydroxyl groups is 1. The van der Waals surface area contributed by atoms with Crippen molar-refractivity contribution in [1.29, 1.82) is 0 Å². The van der Waals surface area contributed by atoms with Crippen LogP contribution in [0.2, 0.25) is 0 Å². The van der Waals surface area contributed by atoms with Gasteiger partial charge in [0, 0.05) is 12.8 Å². The Morgan fingerprint density at radius 2 is 1.86 bits per heavy atom. The predicted molar refractivity (Wildman–Crippen MR) is 82.3 cm³/mol. The first-order valence-electron chi connectivity index (χ1n) is 7.34. The van der Waals surface area contributed by atoms with Crippen molar-refractivity contribution in [3.8, 4) is 5.75 Å². The molecule has 0 aliphatic rings. The van der Waals surface area contributed by atoms with Crippen LogP contribution in [0.1, 0.15) is 39.2 Å². The molecule has 4 heteroatoms. The van der Waals surface area contributed by atoms with Gasteiger partial charge in [0.15, 0.2) is 0 Å². The Morgan fingerprint density at radius 1 is 1.24 bits per heavy atom. The second kappa shape index (κ2) is 8.80. The van der Waals surface area contributed by atoms with Crippen LogP contribution in [-0.4, -0.2) is 30.2 Å². The summed E-state index contributed by atoms with van der Waals surface area (Å²) in [6.45, 7) is 6.09. The minimum absolute atomic E-state index is 0.000149. The second-order valence-corrected chi connectivity index (χ2v) is 5.74. The molecule has 0 radical (unpaired) electrons. The number of methoxy groups -OCH3 is 1. The van der Waals surface area contributed by atoms with Gasteiger partial charge in [-0.25, -0.2) is 0 Å². The first kappa shape index (κ1) is 17.7. The van der Waals surface area contributed by atoms with Crippen LogP contribution in [0, 0.1) is 5.92 Å². The van der Waals surface area contributed by atoms with Crippen molar-refractivity contribution >= 4 is 5.78 Å². The van der Waals surface area contributed by atoms with Gasteiger partial charge in [-0.1, -0.05) is 26.0 Å². The summed E-state index contributed by atoms with van der Waals surface area (Å²) in [4.78, 5) is 11.0. The summed E-state index contributed by atoms with van der Waals surface area (Å²) in [5.41, 5.74) is 1.06. The Balaban J connectivity index is 2.51. The molecule has 1 aromatic rings. The molecule has 0 aliphatic heterocycles. The quantitative estimate of drug-likeness (QED) is 0.761. The van der Waals surface area contributed by atoms with E-state index in [4.69, 9.17) is 9.47 Å². The number of hydrogen-bond acceptors (Lipinski definition) is 4. The zero-order valence-electron chi connectivity index (χ0n) is 13.3. The number of carbonyl (C=O) groups is 1. The number of hydrogen-bond donors (Lipinski definition) is 1. The van der Waals surface area contributed by atoms with Gasteiger partial charge in [0.1, 0.15) is 11.5 Å². The summed E-state index contributed by atoms with van der Waals surface area (Å²) >= 11 is 0. The number of carbonyl (C=O) groups excluding carboxylic acids is 1. The Morgan fingerprint density at radius 3 is 2.33 bits per heavy atom. The molecule has 0 fully saturated rings. The standard InChI is InChI=1S/C17H26O4/c1-12(2)17(10-15(19)9-13(3)18)21-11-14-5-7-16(20-4)8-6-14/h5-8,12,15,17,19H,9-11H2,1-4H3/t15-,17+/m1/s1. The Hall–Kier alpha value is -1.39. The highest BCUT2D eigenvalue weighted by Gasteiger charge is 2.19. The lowest BCUT2D eigenvalue weighted by atomic mass is 9.98. The van der Waals surface area contributed by atoms with Crippen LogP contribution in [0.5, 0.6) is 5.75 Å². The van der Waals surface area contributed by atoms with Crippen molar-refractivity contribution in [2.75, 3.05) is 7.11 Å². The van der Waals surface area contributed by atoms with Gasteiger partial charge in [-0.15, -0.1) is 0 Å². The van der Waals surface area contributed by atoms with E-state index in [2.05, 4.69) is 13.8 Å². The number of rotatable bonds is 9. The van der Waals surface area contributed by atoms with Gasteiger partial charge < -0.3 is 14.6 Å². The normalized spacial score (nSPS) is 14.0. The van der Waals surface area contributed by atoms with Crippen LogP contribution in [0.15, 0.2) is 24.3 Å². The monoisotopic (exact) mass is 294 g/mol. The summed E-state index contributed by atoms with van der Waals surface area (Å²) < 4.78 is 11.0. The summed E-state index contributed by atoms with van der Waals surface area (Å²) in [5.74, 6) is 1.10. The maximum Gasteiger partial charge on any atom is 0.132 e. The molecule has 0 spiro atoms. The smallest absolute Gasteiger partial charge is 0.132 e. The van der Waals surface area contributed by atoms with Crippen LogP contribution in [0.25, 0.3) is 0 Å². The fraction of sp³-hybridized carbons (Fsp3) is 0.588. The Bertz CT molecular complexity index is 425. The van der Waals surface area contributed by atoms with Crippen LogP contribution in [0.3, 0.4) is 0 Å². The first-order chi connectivity index (χ1) is 9.92. The topological polar surface area (TPSA) is 55.8 Å². The van der Waals surface area contributed by atoms with Crippen molar-refractivity contribution in [2.45, 2.75) is 52.4 Å². The van der Waals surface area contributed by atoms with Gasteiger partial charge in [-0.2, -0.15) is 0 Å². The van der Waals surface area contributed by atoms with Gasteiger partial charge in [-0.3, -0.25) is 4.79 Å². The minimum Gasteiger partial charge on any atom is -0.497 e. The van der Waals surface area contributed by atoms with Crippen molar-refractivity contribution in [1.82, 2.24) is 0 Å². The lowest BCUT2D eigenvalue weighted by Crippen LogP contribution is -2.26. The van der Waals surface area contributed by atoms with E-state index in [1.54, 1.807) is 7.11 Å². The van der Waals surface area contributed by atoms with E-state index in [0.717, 1.165) is 11.3 Å². The first-order valence-corrected chi connectivity index (χ1v) is 7.34. The van der Waals surface area contributed by atoms with E-state index in [-0.39, 0.29) is 24.2 Å². The molecule has 0 saturated heterocycles. The van der Waals surface area contributed by atoms with Gasteiger partial charge in [0.2, 0.25) is 0 Å². The van der Waals surface area contributed by atoms with Crippen LogP contribution in [0.4, 0.5) is 0 Å². The van der Waals surface area contributed by atoms with Crippen molar-refractivity contribution in [2.24, 2.45) is 5.92 Å². The third-order valence-corrected chi connectivity index (χ3v) is 3.39. The van der Waals surface area contributed by atoms with Crippen LogP contribution < -0.4 is 4.74 Å². The lowest BCUT2D eigenvalue weighted by molar-refractivity contribution is -0.119. The highest BCUT2D eigenvalue weighted by Crippen LogP contribution is 2.18. The lowest BCUT2D eigenvalue weighted by Gasteiger charge is -2.24. The summed E-state index contributed by atoms with van der Waals surface area (Å²) in [6.07, 6.45) is -0.0325. The Labute approximate surface area is 127 Å². The highest BCUT2D eigenvalue weighted by molar-refractivity contribution is 5.75. The average Bonchev–Trinajstić information content (AvgIpc) is 2.42. The molecule has 2 atom stereocenters. The number of benzene rings is 1. The molecular formula is C17H26O4. The van der Waals surface area contributed by atoms with Gasteiger partial charge in [-0.05, 0) is 30.5 Å². The van der Waals surface area contributed by atoms with Crippen LogP contribution >= 0.6 is 0 Å². The maximum absolute atomic E-state index is 11.0. The molecule has 0 aliphatic carbocycles. The second-order valence-electron chi connectivity index (χ2n) is 5.74. The average molecular weight is 294 g/mol. The molecule has 4 nitrogen and oxygen atoms in total. The molecule has 1 N–H and O–H groups in total. The molecule has 0 amide bonds. The molecule has 0 heterocycles. The van der Waals surface area contributed by atoms with E-state index in [0.29, 0.717) is 13.0 Å². The zero-order valence-corrected chi connectivity index (χ0v) is 13.3. The number of Topliss-reactive ketones (excluding diaryl/α,β-unsaturated/α-hetero) is 1. The predicted octanol–water partition coefficient (Wildman–Crippen LogP) is 2.97.